The lowest BCUT2D eigenvalue weighted by atomic mass is 10.0. The molecule has 32 heavy (non-hydrogen) atoms. The minimum Gasteiger partial charge on any atom is -0.492 e. The Morgan fingerprint density at radius 2 is 1.81 bits per heavy atom. The average Bonchev–Trinajstić information content (AvgIpc) is 3.29. The summed E-state index contributed by atoms with van der Waals surface area (Å²) in [4.78, 5) is 10.1. The number of piperazine rings is 1. The van der Waals surface area contributed by atoms with Crippen LogP contribution >= 0.6 is 34.5 Å². The van der Waals surface area contributed by atoms with E-state index in [1.165, 1.54) is 21.9 Å². The molecule has 1 aliphatic rings. The third-order valence-electron chi connectivity index (χ3n) is 5.69. The second-order valence-corrected chi connectivity index (χ2v) is 9.52. The first kappa shape index (κ1) is 21.5. The van der Waals surface area contributed by atoms with Crippen molar-refractivity contribution >= 4 is 45.2 Å². The molecule has 0 aliphatic carbocycles. The van der Waals surface area contributed by atoms with Gasteiger partial charge in [0.2, 0.25) is 10.8 Å². The zero-order valence-electron chi connectivity index (χ0n) is 17.2. The summed E-state index contributed by atoms with van der Waals surface area (Å²) >= 11 is 13.9. The Hall–Kier alpha value is -2.39. The van der Waals surface area contributed by atoms with Crippen LogP contribution < -0.4 is 4.90 Å². The van der Waals surface area contributed by atoms with Crippen molar-refractivity contribution in [2.24, 2.45) is 0 Å². The van der Waals surface area contributed by atoms with Gasteiger partial charge in [0, 0.05) is 26.2 Å². The molecule has 1 fully saturated rings. The maximum atomic E-state index is 14.3. The molecule has 166 valence electrons. The van der Waals surface area contributed by atoms with Crippen LogP contribution in [-0.4, -0.2) is 50.8 Å². The summed E-state index contributed by atoms with van der Waals surface area (Å²) < 4.78 is 15.7. The standard InChI is InChI=1S/C22H20Cl2FN5OS/c1-13-26-22-30(27-13)21(31)20(32-22)19(14-6-7-15(23)16(24)12-14)29-10-8-28(9-11-29)18-5-3-2-4-17(18)25/h2-7,12,19,31H,8-11H2,1H3/t19-/m1/s1. The van der Waals surface area contributed by atoms with Gasteiger partial charge in [-0.3, -0.25) is 4.90 Å². The summed E-state index contributed by atoms with van der Waals surface area (Å²) in [7, 11) is 0. The highest BCUT2D eigenvalue weighted by atomic mass is 35.5. The van der Waals surface area contributed by atoms with Crippen LogP contribution in [0, 0.1) is 12.7 Å². The fourth-order valence-corrected chi connectivity index (χ4v) is 5.64. The van der Waals surface area contributed by atoms with Crippen LogP contribution in [-0.2, 0) is 0 Å². The second-order valence-electron chi connectivity index (χ2n) is 7.69. The molecule has 5 rings (SSSR count). The van der Waals surface area contributed by atoms with Crippen LogP contribution in [0.2, 0.25) is 10.0 Å². The van der Waals surface area contributed by atoms with Gasteiger partial charge in [-0.15, -0.1) is 5.10 Å². The molecule has 3 heterocycles. The van der Waals surface area contributed by atoms with Gasteiger partial charge >= 0.3 is 0 Å². The number of halogens is 3. The van der Waals surface area contributed by atoms with Crippen molar-refractivity contribution in [2.45, 2.75) is 13.0 Å². The lowest BCUT2D eigenvalue weighted by Gasteiger charge is -2.40. The van der Waals surface area contributed by atoms with Crippen molar-refractivity contribution in [3.05, 3.63) is 74.6 Å². The van der Waals surface area contributed by atoms with Gasteiger partial charge in [0.25, 0.3) is 0 Å². The largest absolute Gasteiger partial charge is 0.492 e. The van der Waals surface area contributed by atoms with Crippen LogP contribution in [0.15, 0.2) is 42.5 Å². The highest BCUT2D eigenvalue weighted by Gasteiger charge is 2.32. The van der Waals surface area contributed by atoms with Crippen molar-refractivity contribution < 1.29 is 9.50 Å². The molecule has 1 saturated heterocycles. The first-order valence-corrected chi connectivity index (χ1v) is 11.7. The van der Waals surface area contributed by atoms with Gasteiger partial charge in [-0.2, -0.15) is 4.52 Å². The van der Waals surface area contributed by atoms with E-state index in [0.29, 0.717) is 52.7 Å². The van der Waals surface area contributed by atoms with E-state index in [1.807, 2.05) is 23.1 Å². The molecule has 2 aromatic carbocycles. The van der Waals surface area contributed by atoms with E-state index in [2.05, 4.69) is 15.0 Å². The number of fused-ring (bicyclic) bond motifs is 1. The lowest BCUT2D eigenvalue weighted by molar-refractivity contribution is 0.210. The van der Waals surface area contributed by atoms with E-state index < -0.39 is 0 Å². The van der Waals surface area contributed by atoms with E-state index in [-0.39, 0.29) is 17.7 Å². The number of aromatic hydroxyl groups is 1. The maximum absolute atomic E-state index is 14.3. The molecule has 0 spiro atoms. The Bertz CT molecular complexity index is 1280. The Morgan fingerprint density at radius 1 is 1.06 bits per heavy atom. The number of nitrogens with zero attached hydrogens (tertiary/aromatic N) is 5. The van der Waals surface area contributed by atoms with E-state index in [1.54, 1.807) is 25.1 Å². The molecule has 2 aromatic heterocycles. The number of para-hydroxylation sites is 1. The maximum Gasteiger partial charge on any atom is 0.230 e. The number of hydrogen-bond donors (Lipinski definition) is 1. The molecule has 0 radical (unpaired) electrons. The first-order chi connectivity index (χ1) is 15.4. The zero-order valence-corrected chi connectivity index (χ0v) is 19.5. The number of hydrogen-bond acceptors (Lipinski definition) is 6. The zero-order chi connectivity index (χ0) is 22.4. The third-order valence-corrected chi connectivity index (χ3v) is 7.50. The molecule has 10 heteroatoms. The van der Waals surface area contributed by atoms with Crippen LogP contribution in [0.4, 0.5) is 10.1 Å². The van der Waals surface area contributed by atoms with E-state index in [0.717, 1.165) is 10.4 Å². The highest BCUT2D eigenvalue weighted by molar-refractivity contribution is 7.17. The molecular weight excluding hydrogens is 472 g/mol. The van der Waals surface area contributed by atoms with Crippen LogP contribution in [0.3, 0.4) is 0 Å². The number of benzene rings is 2. The molecule has 1 N–H and O–H groups in total. The topological polar surface area (TPSA) is 56.9 Å². The highest BCUT2D eigenvalue weighted by Crippen LogP contribution is 2.41. The Kier molecular flexibility index (Phi) is 5.71. The summed E-state index contributed by atoms with van der Waals surface area (Å²) in [5, 5.41) is 16.2. The average molecular weight is 492 g/mol. The molecule has 4 aromatic rings. The minimum absolute atomic E-state index is 0.0678. The quantitative estimate of drug-likeness (QED) is 0.427. The van der Waals surface area contributed by atoms with Crippen molar-refractivity contribution in [1.82, 2.24) is 19.5 Å². The first-order valence-electron chi connectivity index (χ1n) is 10.2. The van der Waals surface area contributed by atoms with Gasteiger partial charge in [0.05, 0.1) is 26.7 Å². The number of aryl methyl sites for hydroxylation is 1. The molecule has 0 unspecified atom stereocenters. The molecule has 0 saturated carbocycles. The molecular formula is C22H20Cl2FN5OS. The molecule has 1 aliphatic heterocycles. The van der Waals surface area contributed by atoms with Gasteiger partial charge in [0.15, 0.2) is 0 Å². The number of rotatable bonds is 4. The third kappa shape index (κ3) is 3.81. The molecule has 1 atom stereocenters. The van der Waals surface area contributed by atoms with Gasteiger partial charge in [-0.05, 0) is 36.8 Å². The smallest absolute Gasteiger partial charge is 0.230 e. The SMILES string of the molecule is Cc1nc2sc([C@@H](c3ccc(Cl)c(Cl)c3)N3CCN(c4ccccc4F)CC3)c(O)n2n1. The summed E-state index contributed by atoms with van der Waals surface area (Å²) in [6, 6.07) is 12.1. The van der Waals surface area contributed by atoms with E-state index >= 15 is 0 Å². The van der Waals surface area contributed by atoms with Crippen molar-refractivity contribution in [3.8, 4) is 5.88 Å². The molecule has 6 nitrogen and oxygen atoms in total. The van der Waals surface area contributed by atoms with Crippen molar-refractivity contribution in [1.29, 1.82) is 0 Å². The lowest BCUT2D eigenvalue weighted by Crippen LogP contribution is -2.48. The van der Waals surface area contributed by atoms with Crippen molar-refractivity contribution in [2.75, 3.05) is 31.1 Å². The Balaban J connectivity index is 1.50. The van der Waals surface area contributed by atoms with Gasteiger partial charge in [-0.1, -0.05) is 52.7 Å². The summed E-state index contributed by atoms with van der Waals surface area (Å²) in [6.45, 7) is 4.44. The van der Waals surface area contributed by atoms with Crippen LogP contribution in [0.25, 0.3) is 4.96 Å². The van der Waals surface area contributed by atoms with Crippen molar-refractivity contribution in [3.63, 3.8) is 0 Å². The predicted octanol–water partition coefficient (Wildman–Crippen LogP) is 5.16. The molecule has 0 bridgehead atoms. The van der Waals surface area contributed by atoms with Crippen LogP contribution in [0.5, 0.6) is 5.88 Å². The van der Waals surface area contributed by atoms with Gasteiger partial charge < -0.3 is 10.0 Å². The monoisotopic (exact) mass is 491 g/mol. The predicted molar refractivity (Wildman–Crippen MR) is 126 cm³/mol. The molecule has 0 amide bonds. The Labute approximate surface area is 198 Å². The Morgan fingerprint density at radius 3 is 2.50 bits per heavy atom. The summed E-state index contributed by atoms with van der Waals surface area (Å²) in [5.74, 6) is 0.446. The van der Waals surface area contributed by atoms with Gasteiger partial charge in [0.1, 0.15) is 11.6 Å². The fraction of sp³-hybridized carbons (Fsp3) is 0.273. The number of aromatic nitrogens is 3. The minimum atomic E-state index is -0.263. The number of anilines is 1. The number of thiazole rings is 1. The van der Waals surface area contributed by atoms with E-state index in [4.69, 9.17) is 23.2 Å². The summed E-state index contributed by atoms with van der Waals surface area (Å²) in [5.41, 5.74) is 1.52. The summed E-state index contributed by atoms with van der Waals surface area (Å²) in [6.07, 6.45) is 0. The normalized spacial score (nSPS) is 16.1. The van der Waals surface area contributed by atoms with Crippen LogP contribution in [0.1, 0.15) is 22.3 Å². The second kappa shape index (κ2) is 8.51. The van der Waals surface area contributed by atoms with E-state index in [9.17, 15) is 9.50 Å². The fourth-order valence-electron chi connectivity index (χ4n) is 4.17. The van der Waals surface area contributed by atoms with Gasteiger partial charge in [-0.25, -0.2) is 9.37 Å².